The molecule has 1 fully saturated rings. The second-order valence-electron chi connectivity index (χ2n) is 7.09. The molecule has 0 aliphatic heterocycles. The molecule has 4 nitrogen and oxygen atoms in total. The lowest BCUT2D eigenvalue weighted by atomic mass is 9.75. The molecule has 2 aromatic rings. The van der Waals surface area contributed by atoms with Gasteiger partial charge < -0.3 is 11.1 Å². The van der Waals surface area contributed by atoms with Crippen molar-refractivity contribution in [3.05, 3.63) is 71.8 Å². The van der Waals surface area contributed by atoms with Crippen molar-refractivity contribution in [3.63, 3.8) is 0 Å². The van der Waals surface area contributed by atoms with E-state index in [-0.39, 0.29) is 18.2 Å². The molecule has 0 radical (unpaired) electrons. The van der Waals surface area contributed by atoms with Crippen LogP contribution >= 0.6 is 0 Å². The van der Waals surface area contributed by atoms with Crippen LogP contribution in [0, 0.1) is 0 Å². The lowest BCUT2D eigenvalue weighted by molar-refractivity contribution is -0.128. The number of hydrogen-bond donors (Lipinski definition) is 2. The summed E-state index contributed by atoms with van der Waals surface area (Å²) in [5.41, 5.74) is 7.62. The van der Waals surface area contributed by atoms with Crippen molar-refractivity contribution in [2.45, 2.75) is 43.6 Å². The molecule has 1 amide bonds. The zero-order chi connectivity index (χ0) is 18.4. The van der Waals surface area contributed by atoms with Gasteiger partial charge in [-0.1, -0.05) is 73.5 Å². The van der Waals surface area contributed by atoms with Gasteiger partial charge in [0.05, 0.1) is 18.0 Å². The number of carbonyl (C=O) groups is 2. The number of benzene rings is 2. The molecule has 1 saturated carbocycles. The fraction of sp³-hybridized carbons (Fsp3) is 0.364. The average molecular weight is 350 g/mol. The number of nitrogens with two attached hydrogens (primary N) is 1. The summed E-state index contributed by atoms with van der Waals surface area (Å²) in [5, 5.41) is 2.76. The van der Waals surface area contributed by atoms with Crippen LogP contribution in [0.3, 0.4) is 0 Å². The molecule has 0 spiro atoms. The molecular weight excluding hydrogens is 324 g/mol. The highest BCUT2D eigenvalue weighted by molar-refractivity contribution is 5.95. The molecule has 0 aromatic heterocycles. The van der Waals surface area contributed by atoms with E-state index in [1.54, 1.807) is 0 Å². The third kappa shape index (κ3) is 4.02. The first kappa shape index (κ1) is 18.3. The molecule has 26 heavy (non-hydrogen) atoms. The van der Waals surface area contributed by atoms with E-state index < -0.39 is 11.5 Å². The highest BCUT2D eigenvalue weighted by atomic mass is 16.2. The second kappa shape index (κ2) is 8.28. The zero-order valence-electron chi connectivity index (χ0n) is 15.0. The smallest absolute Gasteiger partial charge is 0.237 e. The summed E-state index contributed by atoms with van der Waals surface area (Å²) in [4.78, 5) is 25.3. The van der Waals surface area contributed by atoms with E-state index in [9.17, 15) is 9.59 Å². The normalized spacial score (nSPS) is 16.8. The van der Waals surface area contributed by atoms with Crippen molar-refractivity contribution in [2.75, 3.05) is 6.54 Å². The molecule has 1 atom stereocenters. The summed E-state index contributed by atoms with van der Waals surface area (Å²) in [7, 11) is 0. The summed E-state index contributed by atoms with van der Waals surface area (Å²) < 4.78 is 0. The van der Waals surface area contributed by atoms with E-state index in [0.29, 0.717) is 6.42 Å². The Hall–Kier alpha value is -2.46. The van der Waals surface area contributed by atoms with Gasteiger partial charge >= 0.3 is 0 Å². The van der Waals surface area contributed by atoms with E-state index >= 15 is 0 Å². The minimum absolute atomic E-state index is 0.0379. The van der Waals surface area contributed by atoms with Gasteiger partial charge in [0.1, 0.15) is 0 Å². The zero-order valence-corrected chi connectivity index (χ0v) is 15.0. The quantitative estimate of drug-likeness (QED) is 0.806. The summed E-state index contributed by atoms with van der Waals surface area (Å²) in [6, 6.07) is 19.0. The van der Waals surface area contributed by atoms with E-state index in [0.717, 1.165) is 36.8 Å². The predicted octanol–water partition coefficient (Wildman–Crippen LogP) is 2.75. The van der Waals surface area contributed by atoms with Gasteiger partial charge in [-0.2, -0.15) is 0 Å². The Balaban J connectivity index is 1.61. The fourth-order valence-electron chi connectivity index (χ4n) is 3.89. The van der Waals surface area contributed by atoms with Crippen molar-refractivity contribution in [2.24, 2.45) is 5.73 Å². The first-order valence-corrected chi connectivity index (χ1v) is 9.28. The monoisotopic (exact) mass is 350 g/mol. The van der Waals surface area contributed by atoms with Crippen LogP contribution in [0.5, 0.6) is 0 Å². The molecule has 1 aliphatic carbocycles. The molecule has 0 saturated heterocycles. The Morgan fingerprint density at radius 2 is 1.54 bits per heavy atom. The van der Waals surface area contributed by atoms with Crippen LogP contribution in [0.2, 0.25) is 0 Å². The Morgan fingerprint density at radius 3 is 2.15 bits per heavy atom. The average Bonchev–Trinajstić information content (AvgIpc) is 3.18. The highest BCUT2D eigenvalue weighted by Crippen LogP contribution is 2.41. The van der Waals surface area contributed by atoms with Gasteiger partial charge in [0, 0.05) is 0 Å². The summed E-state index contributed by atoms with van der Waals surface area (Å²) in [6.07, 6.45) is 4.25. The van der Waals surface area contributed by atoms with Crippen LogP contribution in [-0.4, -0.2) is 24.3 Å². The van der Waals surface area contributed by atoms with Crippen LogP contribution in [0.15, 0.2) is 60.7 Å². The molecule has 0 bridgehead atoms. The largest absolute Gasteiger partial charge is 0.348 e. The molecular formula is C22H26N2O2. The van der Waals surface area contributed by atoms with Gasteiger partial charge in [-0.25, -0.2) is 0 Å². The molecule has 1 aliphatic rings. The minimum atomic E-state index is -0.651. The summed E-state index contributed by atoms with van der Waals surface area (Å²) in [6.45, 7) is 0.0379. The second-order valence-corrected chi connectivity index (χ2v) is 7.09. The van der Waals surface area contributed by atoms with Gasteiger partial charge in [-0.05, 0) is 30.4 Å². The van der Waals surface area contributed by atoms with E-state index in [1.807, 2.05) is 60.7 Å². The van der Waals surface area contributed by atoms with Crippen molar-refractivity contribution in [1.29, 1.82) is 0 Å². The van der Waals surface area contributed by atoms with Gasteiger partial charge in [0.25, 0.3) is 0 Å². The molecule has 0 heterocycles. The standard InChI is InChI=1S/C22H26N2O2/c23-19(15-17-9-3-1-4-10-17)21(26)24-16-20(25)22(13-7-8-14-22)18-11-5-2-6-12-18/h1-6,9-12,19H,7-8,13-16,23H2,(H,24,26). The Bertz CT molecular complexity index is 737. The number of amides is 1. The molecule has 2 aromatic carbocycles. The van der Waals surface area contributed by atoms with Gasteiger partial charge in [-0.3, -0.25) is 9.59 Å². The number of Topliss-reactive ketones (excluding diaryl/α,β-unsaturated/α-hetero) is 1. The fourth-order valence-corrected chi connectivity index (χ4v) is 3.89. The van der Waals surface area contributed by atoms with Crippen LogP contribution in [0.25, 0.3) is 0 Å². The Morgan fingerprint density at radius 1 is 0.962 bits per heavy atom. The third-order valence-electron chi connectivity index (χ3n) is 5.38. The molecule has 3 N–H and O–H groups in total. The van der Waals surface area contributed by atoms with E-state index in [1.165, 1.54) is 0 Å². The maximum atomic E-state index is 13.0. The minimum Gasteiger partial charge on any atom is -0.348 e. The third-order valence-corrected chi connectivity index (χ3v) is 5.38. The first-order chi connectivity index (χ1) is 12.6. The predicted molar refractivity (Wildman–Crippen MR) is 103 cm³/mol. The first-order valence-electron chi connectivity index (χ1n) is 9.28. The van der Waals surface area contributed by atoms with Crippen molar-refractivity contribution >= 4 is 11.7 Å². The van der Waals surface area contributed by atoms with Crippen molar-refractivity contribution in [1.82, 2.24) is 5.32 Å². The molecule has 4 heteroatoms. The Labute approximate surface area is 154 Å². The van der Waals surface area contributed by atoms with E-state index in [4.69, 9.17) is 5.73 Å². The molecule has 1 unspecified atom stereocenters. The summed E-state index contributed by atoms with van der Waals surface area (Å²) in [5.74, 6) is -0.190. The SMILES string of the molecule is NC(Cc1ccccc1)C(=O)NCC(=O)C1(c2ccccc2)CCCC1. The number of rotatable bonds is 7. The van der Waals surface area contributed by atoms with Crippen molar-refractivity contribution < 1.29 is 9.59 Å². The number of hydrogen-bond acceptors (Lipinski definition) is 3. The highest BCUT2D eigenvalue weighted by Gasteiger charge is 2.42. The summed E-state index contributed by atoms with van der Waals surface area (Å²) >= 11 is 0. The van der Waals surface area contributed by atoms with Crippen LogP contribution < -0.4 is 11.1 Å². The number of carbonyl (C=O) groups excluding carboxylic acids is 2. The van der Waals surface area contributed by atoms with Gasteiger partial charge in [0.15, 0.2) is 5.78 Å². The Kier molecular flexibility index (Phi) is 5.84. The number of ketones is 1. The topological polar surface area (TPSA) is 72.2 Å². The van der Waals surface area contributed by atoms with Crippen molar-refractivity contribution in [3.8, 4) is 0 Å². The maximum absolute atomic E-state index is 13.0. The van der Waals surface area contributed by atoms with Crippen LogP contribution in [0.1, 0.15) is 36.8 Å². The van der Waals surface area contributed by atoms with Crippen LogP contribution in [0.4, 0.5) is 0 Å². The lowest BCUT2D eigenvalue weighted by Crippen LogP contribution is -2.47. The van der Waals surface area contributed by atoms with Crippen LogP contribution in [-0.2, 0) is 21.4 Å². The van der Waals surface area contributed by atoms with E-state index in [2.05, 4.69) is 5.32 Å². The lowest BCUT2D eigenvalue weighted by Gasteiger charge is -2.28. The molecule has 3 rings (SSSR count). The number of nitrogens with one attached hydrogen (secondary N) is 1. The molecule has 136 valence electrons. The van der Waals surface area contributed by atoms with Gasteiger partial charge in [0.2, 0.25) is 5.91 Å². The van der Waals surface area contributed by atoms with Gasteiger partial charge in [-0.15, -0.1) is 0 Å². The maximum Gasteiger partial charge on any atom is 0.237 e.